The third-order valence-corrected chi connectivity index (χ3v) is 3.76. The van der Waals surface area contributed by atoms with Gasteiger partial charge >= 0.3 is 0 Å². The quantitative estimate of drug-likeness (QED) is 0.703. The van der Waals surface area contributed by atoms with Crippen LogP contribution in [0.5, 0.6) is 0 Å². The number of rotatable bonds is 2. The molecule has 1 aliphatic carbocycles. The predicted molar refractivity (Wildman–Crippen MR) is 53.6 cm³/mol. The van der Waals surface area contributed by atoms with E-state index in [9.17, 15) is 5.11 Å². The van der Waals surface area contributed by atoms with E-state index in [-0.39, 0.29) is 0 Å². The first-order valence-corrected chi connectivity index (χ1v) is 5.51. The lowest BCUT2D eigenvalue weighted by Gasteiger charge is -2.27. The molecule has 13 heavy (non-hydrogen) atoms. The lowest BCUT2D eigenvalue weighted by Crippen LogP contribution is -2.38. The van der Waals surface area contributed by atoms with Crippen LogP contribution in [0, 0.1) is 5.92 Å². The summed E-state index contributed by atoms with van der Waals surface area (Å²) in [5, 5.41) is 10.3. The molecule has 2 fully saturated rings. The van der Waals surface area contributed by atoms with Crippen LogP contribution >= 0.6 is 0 Å². The highest BCUT2D eigenvalue weighted by atomic mass is 16.3. The van der Waals surface area contributed by atoms with Gasteiger partial charge in [0.15, 0.2) is 0 Å². The largest absolute Gasteiger partial charge is 0.388 e. The molecular weight excluding hydrogens is 162 g/mol. The zero-order valence-corrected chi connectivity index (χ0v) is 8.95. The summed E-state index contributed by atoms with van der Waals surface area (Å²) in [6, 6.07) is 1.38. The van der Waals surface area contributed by atoms with Gasteiger partial charge in [-0.1, -0.05) is 13.8 Å². The molecule has 0 aromatic carbocycles. The number of aliphatic hydroxyl groups is 1. The molecule has 0 aromatic rings. The van der Waals surface area contributed by atoms with Crippen LogP contribution in [-0.4, -0.2) is 34.2 Å². The Labute approximate surface area is 80.9 Å². The van der Waals surface area contributed by atoms with Crippen molar-refractivity contribution in [3.05, 3.63) is 0 Å². The van der Waals surface area contributed by atoms with Gasteiger partial charge in [0.1, 0.15) is 0 Å². The smallest absolute Gasteiger partial charge is 0.0811 e. The molecule has 2 unspecified atom stereocenters. The van der Waals surface area contributed by atoms with Gasteiger partial charge in [0.2, 0.25) is 0 Å². The second-order valence-corrected chi connectivity index (χ2v) is 5.21. The molecule has 0 amide bonds. The third-order valence-electron chi connectivity index (χ3n) is 3.76. The average molecular weight is 183 g/mol. The summed E-state index contributed by atoms with van der Waals surface area (Å²) < 4.78 is 0. The summed E-state index contributed by atoms with van der Waals surface area (Å²) in [5.74, 6) is 0.388. The maximum Gasteiger partial charge on any atom is 0.0811 e. The topological polar surface area (TPSA) is 23.5 Å². The van der Waals surface area contributed by atoms with Gasteiger partial charge in [-0.25, -0.2) is 0 Å². The highest BCUT2D eigenvalue weighted by Gasteiger charge is 2.47. The molecule has 76 valence electrons. The van der Waals surface area contributed by atoms with Gasteiger partial charge in [-0.15, -0.1) is 0 Å². The van der Waals surface area contributed by atoms with E-state index in [2.05, 4.69) is 25.7 Å². The van der Waals surface area contributed by atoms with Crippen LogP contribution in [0.1, 0.15) is 40.0 Å². The average Bonchev–Trinajstić information content (AvgIpc) is 2.79. The van der Waals surface area contributed by atoms with Crippen LogP contribution in [-0.2, 0) is 0 Å². The summed E-state index contributed by atoms with van der Waals surface area (Å²) in [5.41, 5.74) is -0.415. The van der Waals surface area contributed by atoms with Crippen LogP contribution in [0.25, 0.3) is 0 Å². The molecule has 0 radical (unpaired) electrons. The Kier molecular flexibility index (Phi) is 2.16. The predicted octanol–water partition coefficient (Wildman–Crippen LogP) is 1.63. The lowest BCUT2D eigenvalue weighted by molar-refractivity contribution is 0.00404. The van der Waals surface area contributed by atoms with E-state index in [1.54, 1.807) is 0 Å². The SMILES string of the molecule is CC1CC(O)(C(C)C)CN1C1CC1. The Morgan fingerprint density at radius 2 is 2.00 bits per heavy atom. The summed E-state index contributed by atoms with van der Waals surface area (Å²) in [6.45, 7) is 7.40. The fourth-order valence-electron chi connectivity index (χ4n) is 2.48. The van der Waals surface area contributed by atoms with Crippen LogP contribution in [0.2, 0.25) is 0 Å². The minimum absolute atomic E-state index is 0.388. The Morgan fingerprint density at radius 3 is 2.38 bits per heavy atom. The summed E-state index contributed by atoms with van der Waals surface area (Å²) in [6.07, 6.45) is 3.65. The summed E-state index contributed by atoms with van der Waals surface area (Å²) in [4.78, 5) is 2.50. The van der Waals surface area contributed by atoms with Crippen molar-refractivity contribution in [3.8, 4) is 0 Å². The van der Waals surface area contributed by atoms with Gasteiger partial charge in [-0.2, -0.15) is 0 Å². The molecule has 2 heteroatoms. The minimum Gasteiger partial charge on any atom is -0.388 e. The molecule has 2 rings (SSSR count). The first kappa shape index (κ1) is 9.47. The first-order valence-electron chi connectivity index (χ1n) is 5.51. The minimum atomic E-state index is -0.415. The van der Waals surface area contributed by atoms with Gasteiger partial charge in [-0.3, -0.25) is 4.90 Å². The van der Waals surface area contributed by atoms with E-state index < -0.39 is 5.60 Å². The van der Waals surface area contributed by atoms with Crippen LogP contribution in [0.15, 0.2) is 0 Å². The van der Waals surface area contributed by atoms with Crippen molar-refractivity contribution in [2.75, 3.05) is 6.54 Å². The second-order valence-electron chi connectivity index (χ2n) is 5.21. The molecule has 0 spiro atoms. The molecule has 1 heterocycles. The van der Waals surface area contributed by atoms with Crippen molar-refractivity contribution in [1.29, 1.82) is 0 Å². The molecule has 1 aliphatic heterocycles. The van der Waals surface area contributed by atoms with E-state index in [4.69, 9.17) is 0 Å². The van der Waals surface area contributed by atoms with Crippen LogP contribution in [0.4, 0.5) is 0 Å². The van der Waals surface area contributed by atoms with Crippen molar-refractivity contribution in [2.45, 2.75) is 57.7 Å². The van der Waals surface area contributed by atoms with E-state index >= 15 is 0 Å². The van der Waals surface area contributed by atoms with E-state index in [0.717, 1.165) is 19.0 Å². The zero-order valence-electron chi connectivity index (χ0n) is 8.95. The van der Waals surface area contributed by atoms with Crippen molar-refractivity contribution in [2.24, 2.45) is 5.92 Å². The maximum absolute atomic E-state index is 10.3. The highest BCUT2D eigenvalue weighted by Crippen LogP contribution is 2.39. The number of β-amino-alcohol motifs (C(OH)–C–C–N with tert-alkyl or cyclic N) is 1. The first-order chi connectivity index (χ1) is 6.03. The van der Waals surface area contributed by atoms with Crippen molar-refractivity contribution >= 4 is 0 Å². The fraction of sp³-hybridized carbons (Fsp3) is 1.00. The zero-order chi connectivity index (χ0) is 9.64. The Balaban J connectivity index is 2.04. The molecule has 1 saturated heterocycles. The molecule has 0 bridgehead atoms. The Morgan fingerprint density at radius 1 is 1.38 bits per heavy atom. The van der Waals surface area contributed by atoms with E-state index in [1.165, 1.54) is 12.8 Å². The lowest BCUT2D eigenvalue weighted by atomic mass is 9.88. The monoisotopic (exact) mass is 183 g/mol. The standard InChI is InChI=1S/C11H21NO/c1-8(2)11(13)6-9(3)12(7-11)10-4-5-10/h8-10,13H,4-7H2,1-3H3. The van der Waals surface area contributed by atoms with E-state index in [0.29, 0.717) is 12.0 Å². The van der Waals surface area contributed by atoms with Crippen LogP contribution in [0.3, 0.4) is 0 Å². The maximum atomic E-state index is 10.3. The van der Waals surface area contributed by atoms with Crippen molar-refractivity contribution < 1.29 is 5.11 Å². The number of hydrogen-bond donors (Lipinski definition) is 1. The Bertz CT molecular complexity index is 200. The molecule has 1 N–H and O–H groups in total. The molecule has 1 saturated carbocycles. The molecule has 2 aliphatic rings. The third kappa shape index (κ3) is 1.62. The normalized spacial score (nSPS) is 41.8. The van der Waals surface area contributed by atoms with Gasteiger partial charge < -0.3 is 5.11 Å². The number of nitrogens with zero attached hydrogens (tertiary/aromatic N) is 1. The number of likely N-dealkylation sites (tertiary alicyclic amines) is 1. The van der Waals surface area contributed by atoms with Crippen molar-refractivity contribution in [3.63, 3.8) is 0 Å². The molecule has 0 aromatic heterocycles. The fourth-order valence-corrected chi connectivity index (χ4v) is 2.48. The molecule has 2 atom stereocenters. The van der Waals surface area contributed by atoms with Gasteiger partial charge in [0.25, 0.3) is 0 Å². The van der Waals surface area contributed by atoms with Gasteiger partial charge in [0, 0.05) is 18.6 Å². The highest BCUT2D eigenvalue weighted by molar-refractivity contribution is 5.01. The molecule has 2 nitrogen and oxygen atoms in total. The summed E-state index contributed by atoms with van der Waals surface area (Å²) >= 11 is 0. The van der Waals surface area contributed by atoms with Gasteiger partial charge in [-0.05, 0) is 32.1 Å². The van der Waals surface area contributed by atoms with E-state index in [1.807, 2.05) is 0 Å². The molecular formula is C11H21NO. The van der Waals surface area contributed by atoms with Crippen LogP contribution < -0.4 is 0 Å². The number of hydrogen-bond acceptors (Lipinski definition) is 2. The van der Waals surface area contributed by atoms with Crippen molar-refractivity contribution in [1.82, 2.24) is 4.90 Å². The Hall–Kier alpha value is -0.0800. The summed E-state index contributed by atoms with van der Waals surface area (Å²) in [7, 11) is 0. The second kappa shape index (κ2) is 2.96. The van der Waals surface area contributed by atoms with Gasteiger partial charge in [0.05, 0.1) is 5.60 Å².